The predicted molar refractivity (Wildman–Crippen MR) is 80.5 cm³/mol. The van der Waals surface area contributed by atoms with Crippen LogP contribution in [-0.4, -0.2) is 10.9 Å². The zero-order valence-corrected chi connectivity index (χ0v) is 12.4. The molecule has 1 aliphatic carbocycles. The molecule has 0 bridgehead atoms. The van der Waals surface area contributed by atoms with Gasteiger partial charge in [-0.15, -0.1) is 0 Å². The van der Waals surface area contributed by atoms with Gasteiger partial charge in [0.1, 0.15) is 11.6 Å². The van der Waals surface area contributed by atoms with Crippen LogP contribution >= 0.6 is 12.2 Å². The van der Waals surface area contributed by atoms with Gasteiger partial charge in [0.25, 0.3) is 0 Å². The maximum absolute atomic E-state index is 13.5. The summed E-state index contributed by atoms with van der Waals surface area (Å²) in [5, 5.41) is 2.65. The van der Waals surface area contributed by atoms with Gasteiger partial charge in [0.05, 0.1) is 10.4 Å². The van der Waals surface area contributed by atoms with Gasteiger partial charge in [0, 0.05) is 12.1 Å². The van der Waals surface area contributed by atoms with Crippen LogP contribution in [0.25, 0.3) is 0 Å². The number of nitrogens with two attached hydrogens (primary N) is 1. The van der Waals surface area contributed by atoms with E-state index in [2.05, 4.69) is 5.32 Å². The summed E-state index contributed by atoms with van der Waals surface area (Å²) in [7, 11) is 0. The van der Waals surface area contributed by atoms with E-state index in [9.17, 15) is 13.6 Å². The van der Waals surface area contributed by atoms with Gasteiger partial charge in [-0.25, -0.2) is 8.78 Å². The van der Waals surface area contributed by atoms with Crippen molar-refractivity contribution < 1.29 is 13.6 Å². The minimum absolute atomic E-state index is 0.0766. The number of carbonyl (C=O) groups is 1. The Bertz CT molecular complexity index is 557. The lowest BCUT2D eigenvalue weighted by atomic mass is 9.73. The Morgan fingerprint density at radius 2 is 1.95 bits per heavy atom. The highest BCUT2D eigenvalue weighted by Crippen LogP contribution is 2.37. The Kier molecular flexibility index (Phi) is 4.88. The molecule has 1 aromatic rings. The Labute approximate surface area is 127 Å². The summed E-state index contributed by atoms with van der Waals surface area (Å²) in [6.07, 6.45) is 4.05. The second-order valence-electron chi connectivity index (χ2n) is 5.43. The van der Waals surface area contributed by atoms with Crippen molar-refractivity contribution in [2.24, 2.45) is 11.1 Å². The Hall–Kier alpha value is -1.56. The van der Waals surface area contributed by atoms with Crippen LogP contribution in [0.1, 0.15) is 37.7 Å². The summed E-state index contributed by atoms with van der Waals surface area (Å²) in [5.41, 5.74) is 5.02. The van der Waals surface area contributed by atoms with Crippen LogP contribution in [0.5, 0.6) is 0 Å². The first-order valence-electron chi connectivity index (χ1n) is 6.98. The molecule has 1 aromatic carbocycles. The fraction of sp³-hybridized carbons (Fsp3) is 0.467. The first-order valence-corrected chi connectivity index (χ1v) is 7.39. The highest BCUT2D eigenvalue weighted by Gasteiger charge is 2.42. The van der Waals surface area contributed by atoms with E-state index in [4.69, 9.17) is 18.0 Å². The van der Waals surface area contributed by atoms with E-state index >= 15 is 0 Å². The molecule has 1 amide bonds. The van der Waals surface area contributed by atoms with Crippen LogP contribution < -0.4 is 11.1 Å². The SMILES string of the molecule is NC(=S)C1(C(=O)NCc2cc(F)ccc2F)CCCCC1. The Balaban J connectivity index is 2.09. The van der Waals surface area contributed by atoms with Crippen molar-refractivity contribution in [2.45, 2.75) is 38.6 Å². The van der Waals surface area contributed by atoms with Crippen LogP contribution in [0.15, 0.2) is 18.2 Å². The smallest absolute Gasteiger partial charge is 0.233 e. The minimum atomic E-state index is -0.850. The van der Waals surface area contributed by atoms with Crippen molar-refractivity contribution in [3.63, 3.8) is 0 Å². The number of thiocarbonyl (C=S) groups is 1. The molecular weight excluding hydrogens is 294 g/mol. The molecule has 6 heteroatoms. The van der Waals surface area contributed by atoms with Crippen molar-refractivity contribution in [2.75, 3.05) is 0 Å². The lowest BCUT2D eigenvalue weighted by Crippen LogP contribution is -2.49. The highest BCUT2D eigenvalue weighted by molar-refractivity contribution is 7.80. The molecule has 1 fully saturated rings. The second kappa shape index (κ2) is 6.47. The lowest BCUT2D eigenvalue weighted by molar-refractivity contribution is -0.129. The van der Waals surface area contributed by atoms with E-state index in [1.54, 1.807) is 0 Å². The number of amides is 1. The average molecular weight is 312 g/mol. The molecule has 114 valence electrons. The van der Waals surface area contributed by atoms with E-state index in [0.29, 0.717) is 12.8 Å². The normalized spacial score (nSPS) is 17.2. The number of hydrogen-bond donors (Lipinski definition) is 2. The zero-order chi connectivity index (χ0) is 15.5. The molecule has 0 aromatic heterocycles. The molecule has 21 heavy (non-hydrogen) atoms. The molecule has 0 atom stereocenters. The number of nitrogens with one attached hydrogen (secondary N) is 1. The van der Waals surface area contributed by atoms with Crippen molar-refractivity contribution in [1.82, 2.24) is 5.32 Å². The molecule has 0 heterocycles. The molecule has 3 nitrogen and oxygen atoms in total. The summed E-state index contributed by atoms with van der Waals surface area (Å²) in [4.78, 5) is 12.6. The van der Waals surface area contributed by atoms with E-state index in [1.807, 2.05) is 0 Å². The highest BCUT2D eigenvalue weighted by atomic mass is 32.1. The minimum Gasteiger partial charge on any atom is -0.392 e. The number of benzene rings is 1. The number of hydrogen-bond acceptors (Lipinski definition) is 2. The van der Waals surface area contributed by atoms with Crippen LogP contribution in [0.4, 0.5) is 8.78 Å². The quantitative estimate of drug-likeness (QED) is 0.841. The standard InChI is InChI=1S/C15H18F2N2OS/c16-11-4-5-12(17)10(8-11)9-19-14(20)15(13(18)21)6-2-1-3-7-15/h4-5,8H,1-3,6-7,9H2,(H2,18,21)(H,19,20). The fourth-order valence-electron chi connectivity index (χ4n) is 2.76. The fourth-order valence-corrected chi connectivity index (χ4v) is 3.06. The monoisotopic (exact) mass is 312 g/mol. The van der Waals surface area contributed by atoms with Gasteiger partial charge in [-0.05, 0) is 31.0 Å². The molecule has 0 saturated heterocycles. The van der Waals surface area contributed by atoms with Crippen LogP contribution in [0.3, 0.4) is 0 Å². The first-order chi connectivity index (χ1) is 9.95. The molecular formula is C15H18F2N2OS. The van der Waals surface area contributed by atoms with E-state index in [-0.39, 0.29) is 23.0 Å². The molecule has 0 unspecified atom stereocenters. The first kappa shape index (κ1) is 15.8. The van der Waals surface area contributed by atoms with Crippen LogP contribution in [-0.2, 0) is 11.3 Å². The van der Waals surface area contributed by atoms with Gasteiger partial charge < -0.3 is 11.1 Å². The third-order valence-electron chi connectivity index (χ3n) is 4.06. The van der Waals surface area contributed by atoms with E-state index in [1.165, 1.54) is 0 Å². The molecule has 1 aliphatic rings. The Morgan fingerprint density at radius 3 is 2.57 bits per heavy atom. The number of carbonyl (C=O) groups excluding carboxylic acids is 1. The van der Waals surface area contributed by atoms with Crippen molar-refractivity contribution in [1.29, 1.82) is 0 Å². The maximum Gasteiger partial charge on any atom is 0.233 e. The Morgan fingerprint density at radius 1 is 1.29 bits per heavy atom. The van der Waals surface area contributed by atoms with Gasteiger partial charge in [-0.1, -0.05) is 31.5 Å². The largest absolute Gasteiger partial charge is 0.392 e. The predicted octanol–water partition coefficient (Wildman–Crippen LogP) is 2.82. The van der Waals surface area contributed by atoms with Crippen molar-refractivity contribution in [3.05, 3.63) is 35.4 Å². The topological polar surface area (TPSA) is 55.1 Å². The van der Waals surface area contributed by atoms with Crippen molar-refractivity contribution in [3.8, 4) is 0 Å². The van der Waals surface area contributed by atoms with Gasteiger partial charge in [0.15, 0.2) is 0 Å². The van der Waals surface area contributed by atoms with Gasteiger partial charge in [-0.2, -0.15) is 0 Å². The molecule has 0 spiro atoms. The summed E-state index contributed by atoms with van der Waals surface area (Å²) < 4.78 is 26.7. The molecule has 0 aliphatic heterocycles. The van der Waals surface area contributed by atoms with E-state index < -0.39 is 17.0 Å². The average Bonchev–Trinajstić information content (AvgIpc) is 2.48. The van der Waals surface area contributed by atoms with E-state index in [0.717, 1.165) is 37.5 Å². The van der Waals surface area contributed by atoms with Gasteiger partial charge >= 0.3 is 0 Å². The molecule has 0 radical (unpaired) electrons. The summed E-state index contributed by atoms with van der Waals surface area (Å²) in [5.74, 6) is -1.38. The van der Waals surface area contributed by atoms with Crippen LogP contribution in [0.2, 0.25) is 0 Å². The second-order valence-corrected chi connectivity index (χ2v) is 5.87. The van der Waals surface area contributed by atoms with Crippen LogP contribution in [0, 0.1) is 17.0 Å². The molecule has 3 N–H and O–H groups in total. The number of halogens is 2. The third-order valence-corrected chi connectivity index (χ3v) is 4.45. The zero-order valence-electron chi connectivity index (χ0n) is 11.6. The maximum atomic E-state index is 13.5. The van der Waals surface area contributed by atoms with Gasteiger partial charge in [-0.3, -0.25) is 4.79 Å². The third kappa shape index (κ3) is 3.37. The molecule has 2 rings (SSSR count). The summed E-state index contributed by atoms with van der Waals surface area (Å²) in [6, 6.07) is 3.16. The number of rotatable bonds is 4. The van der Waals surface area contributed by atoms with Crippen molar-refractivity contribution >= 4 is 23.1 Å². The summed E-state index contributed by atoms with van der Waals surface area (Å²) >= 11 is 5.06. The lowest BCUT2D eigenvalue weighted by Gasteiger charge is -2.34. The summed E-state index contributed by atoms with van der Waals surface area (Å²) in [6.45, 7) is -0.0766. The van der Waals surface area contributed by atoms with Gasteiger partial charge in [0.2, 0.25) is 5.91 Å². The molecule has 1 saturated carbocycles.